The largest absolute Gasteiger partial charge is 0.478 e. The highest BCUT2D eigenvalue weighted by Crippen LogP contribution is 2.23. The van der Waals surface area contributed by atoms with E-state index in [4.69, 9.17) is 14.3 Å². The van der Waals surface area contributed by atoms with Crippen LogP contribution in [-0.2, 0) is 4.74 Å². The Morgan fingerprint density at radius 2 is 2.00 bits per heavy atom. The van der Waals surface area contributed by atoms with E-state index in [-0.39, 0.29) is 23.9 Å². The van der Waals surface area contributed by atoms with E-state index in [0.717, 1.165) is 0 Å². The van der Waals surface area contributed by atoms with Crippen molar-refractivity contribution in [1.29, 1.82) is 0 Å². The molecule has 21 heavy (non-hydrogen) atoms. The van der Waals surface area contributed by atoms with Crippen LogP contribution < -0.4 is 4.90 Å². The number of oxazole rings is 1. The molecule has 7 heteroatoms. The lowest BCUT2D eigenvalue weighted by Crippen LogP contribution is -2.11. The molecule has 7 nitrogen and oxygen atoms in total. The van der Waals surface area contributed by atoms with Crippen LogP contribution in [0.1, 0.15) is 27.8 Å². The number of aromatic carboxylic acids is 1. The quantitative estimate of drug-likeness (QED) is 0.844. The Morgan fingerprint density at radius 1 is 1.33 bits per heavy atom. The number of carboxylic acid groups (broad SMARTS) is 1. The summed E-state index contributed by atoms with van der Waals surface area (Å²) < 4.78 is 10.0. The first-order valence-corrected chi connectivity index (χ1v) is 6.22. The molecule has 0 aliphatic rings. The second kappa shape index (κ2) is 6.08. The zero-order valence-corrected chi connectivity index (χ0v) is 11.6. The predicted octanol–water partition coefficient (Wildman–Crippen LogP) is 2.32. The average molecular weight is 290 g/mol. The van der Waals surface area contributed by atoms with Crippen LogP contribution in [-0.4, -0.2) is 35.7 Å². The van der Waals surface area contributed by atoms with Gasteiger partial charge in [-0.2, -0.15) is 4.98 Å². The number of benzene rings is 1. The lowest BCUT2D eigenvalue weighted by Gasteiger charge is -2.14. The Kier molecular flexibility index (Phi) is 4.22. The summed E-state index contributed by atoms with van der Waals surface area (Å²) in [6, 6.07) is 6.41. The van der Waals surface area contributed by atoms with Gasteiger partial charge in [0.15, 0.2) is 5.69 Å². The highest BCUT2D eigenvalue weighted by Gasteiger charge is 2.16. The highest BCUT2D eigenvalue weighted by molar-refractivity contribution is 5.88. The third kappa shape index (κ3) is 3.19. The number of hydrogen-bond donors (Lipinski definition) is 1. The van der Waals surface area contributed by atoms with Crippen molar-refractivity contribution in [1.82, 2.24) is 4.98 Å². The molecule has 0 bridgehead atoms. The van der Waals surface area contributed by atoms with Gasteiger partial charge in [-0.1, -0.05) is 0 Å². The van der Waals surface area contributed by atoms with Crippen LogP contribution in [0.5, 0.6) is 0 Å². The topological polar surface area (TPSA) is 92.9 Å². The molecule has 0 amide bonds. The Balaban J connectivity index is 2.18. The van der Waals surface area contributed by atoms with Crippen LogP contribution in [0.25, 0.3) is 0 Å². The van der Waals surface area contributed by atoms with E-state index in [2.05, 4.69) is 4.98 Å². The van der Waals surface area contributed by atoms with Gasteiger partial charge in [-0.05, 0) is 31.2 Å². The Bertz CT molecular complexity index is 648. The van der Waals surface area contributed by atoms with Gasteiger partial charge in [-0.15, -0.1) is 0 Å². The maximum absolute atomic E-state index is 11.5. The maximum atomic E-state index is 11.5. The van der Waals surface area contributed by atoms with Gasteiger partial charge in [0.05, 0.1) is 12.2 Å². The molecule has 2 aromatic rings. The molecular formula is C14H14N2O5. The molecule has 0 unspecified atom stereocenters. The van der Waals surface area contributed by atoms with E-state index in [9.17, 15) is 9.59 Å². The number of esters is 1. The van der Waals surface area contributed by atoms with Gasteiger partial charge in [0.1, 0.15) is 6.26 Å². The Labute approximate surface area is 120 Å². The molecule has 1 aromatic heterocycles. The summed E-state index contributed by atoms with van der Waals surface area (Å²) >= 11 is 0. The Hall–Kier alpha value is -2.83. The molecule has 110 valence electrons. The van der Waals surface area contributed by atoms with Gasteiger partial charge in [0.2, 0.25) is 0 Å². The SMILES string of the molecule is CCOC(=O)c1coc(N(C)c2ccc(C(=O)O)cc2)n1. The van der Waals surface area contributed by atoms with Crippen molar-refractivity contribution in [3.63, 3.8) is 0 Å². The second-order valence-electron chi connectivity index (χ2n) is 4.15. The molecule has 0 radical (unpaired) electrons. The Morgan fingerprint density at radius 3 is 2.57 bits per heavy atom. The first-order chi connectivity index (χ1) is 10.0. The molecule has 0 aliphatic carbocycles. The molecule has 1 N–H and O–H groups in total. The van der Waals surface area contributed by atoms with Gasteiger partial charge in [-0.25, -0.2) is 9.59 Å². The van der Waals surface area contributed by atoms with Crippen molar-refractivity contribution >= 4 is 23.6 Å². The number of nitrogens with zero attached hydrogens (tertiary/aromatic N) is 2. The number of carboxylic acids is 1. The van der Waals surface area contributed by atoms with Crippen molar-refractivity contribution in [3.05, 3.63) is 41.8 Å². The third-order valence-corrected chi connectivity index (χ3v) is 2.77. The molecule has 2 rings (SSSR count). The van der Waals surface area contributed by atoms with Crippen molar-refractivity contribution in [2.75, 3.05) is 18.6 Å². The summed E-state index contributed by atoms with van der Waals surface area (Å²) in [6.07, 6.45) is 1.22. The summed E-state index contributed by atoms with van der Waals surface area (Å²) in [4.78, 5) is 27.9. The molecule has 1 heterocycles. The summed E-state index contributed by atoms with van der Waals surface area (Å²) in [5, 5.41) is 8.85. The number of rotatable bonds is 5. The zero-order chi connectivity index (χ0) is 15.4. The number of anilines is 2. The van der Waals surface area contributed by atoms with E-state index in [1.54, 1.807) is 31.0 Å². The van der Waals surface area contributed by atoms with Crippen LogP contribution in [0.4, 0.5) is 11.7 Å². The van der Waals surface area contributed by atoms with E-state index >= 15 is 0 Å². The number of carbonyl (C=O) groups excluding carboxylic acids is 1. The zero-order valence-electron chi connectivity index (χ0n) is 11.6. The van der Waals surface area contributed by atoms with Gasteiger partial charge in [0.25, 0.3) is 0 Å². The summed E-state index contributed by atoms with van der Waals surface area (Å²) in [6.45, 7) is 1.96. The first-order valence-electron chi connectivity index (χ1n) is 6.22. The van der Waals surface area contributed by atoms with Crippen molar-refractivity contribution in [2.24, 2.45) is 0 Å². The summed E-state index contributed by atoms with van der Waals surface area (Å²) in [5.41, 5.74) is 0.949. The number of carbonyl (C=O) groups is 2. The molecule has 0 spiro atoms. The van der Waals surface area contributed by atoms with Crippen molar-refractivity contribution in [2.45, 2.75) is 6.92 Å². The van der Waals surface area contributed by atoms with Gasteiger partial charge in [-0.3, -0.25) is 4.90 Å². The number of ether oxygens (including phenoxy) is 1. The van der Waals surface area contributed by atoms with Crippen LogP contribution in [0, 0.1) is 0 Å². The van der Waals surface area contributed by atoms with E-state index in [1.165, 1.54) is 18.4 Å². The van der Waals surface area contributed by atoms with Gasteiger partial charge >= 0.3 is 18.0 Å². The summed E-state index contributed by atoms with van der Waals surface area (Å²) in [7, 11) is 1.69. The maximum Gasteiger partial charge on any atom is 0.360 e. The smallest absolute Gasteiger partial charge is 0.360 e. The lowest BCUT2D eigenvalue weighted by molar-refractivity contribution is 0.0519. The van der Waals surface area contributed by atoms with E-state index in [1.807, 2.05) is 0 Å². The molecule has 0 saturated heterocycles. The molecule has 0 atom stereocenters. The van der Waals surface area contributed by atoms with Crippen molar-refractivity contribution < 1.29 is 23.8 Å². The molecule has 0 saturated carbocycles. The summed E-state index contributed by atoms with van der Waals surface area (Å²) in [5.74, 6) is -1.55. The lowest BCUT2D eigenvalue weighted by atomic mass is 10.2. The predicted molar refractivity (Wildman–Crippen MR) is 73.9 cm³/mol. The molecule has 0 fully saturated rings. The highest BCUT2D eigenvalue weighted by atomic mass is 16.5. The van der Waals surface area contributed by atoms with E-state index in [0.29, 0.717) is 5.69 Å². The molecular weight excluding hydrogens is 276 g/mol. The van der Waals surface area contributed by atoms with Crippen LogP contribution >= 0.6 is 0 Å². The standard InChI is InChI=1S/C14H14N2O5/c1-3-20-13(19)11-8-21-14(15-11)16(2)10-6-4-9(5-7-10)12(17)18/h4-8H,3H2,1-2H3,(H,17,18). The van der Waals surface area contributed by atoms with Gasteiger partial charge < -0.3 is 14.3 Å². The minimum atomic E-state index is -0.995. The monoisotopic (exact) mass is 290 g/mol. The molecule has 1 aromatic carbocycles. The third-order valence-electron chi connectivity index (χ3n) is 2.77. The fraction of sp³-hybridized carbons (Fsp3) is 0.214. The van der Waals surface area contributed by atoms with E-state index < -0.39 is 11.9 Å². The number of aromatic nitrogens is 1. The molecule has 0 aliphatic heterocycles. The fourth-order valence-corrected chi connectivity index (χ4v) is 1.66. The van der Waals surface area contributed by atoms with Crippen LogP contribution in [0.2, 0.25) is 0 Å². The minimum Gasteiger partial charge on any atom is -0.478 e. The first kappa shape index (κ1) is 14.6. The van der Waals surface area contributed by atoms with Crippen LogP contribution in [0.15, 0.2) is 34.9 Å². The van der Waals surface area contributed by atoms with Crippen LogP contribution in [0.3, 0.4) is 0 Å². The van der Waals surface area contributed by atoms with Crippen molar-refractivity contribution in [3.8, 4) is 0 Å². The van der Waals surface area contributed by atoms with Gasteiger partial charge in [0, 0.05) is 12.7 Å². The average Bonchev–Trinajstić information content (AvgIpc) is 2.96. The second-order valence-corrected chi connectivity index (χ2v) is 4.15. The normalized spacial score (nSPS) is 10.2. The number of hydrogen-bond acceptors (Lipinski definition) is 6. The minimum absolute atomic E-state index is 0.0841. The fourth-order valence-electron chi connectivity index (χ4n) is 1.66.